The average Bonchev–Trinajstić information content (AvgIpc) is 2.00. The lowest BCUT2D eigenvalue weighted by Crippen LogP contribution is -2.51. The lowest BCUT2D eigenvalue weighted by molar-refractivity contribution is -0.142. The van der Waals surface area contributed by atoms with E-state index in [1.165, 1.54) is 0 Å². The Morgan fingerprint density at radius 1 is 1.82 bits per heavy atom. The van der Waals surface area contributed by atoms with Gasteiger partial charge in [-0.3, -0.25) is 4.79 Å². The first kappa shape index (κ1) is 10.7. The molecule has 0 aliphatic heterocycles. The quantitative estimate of drug-likeness (QED) is 0.420. The van der Waals surface area contributed by atoms with E-state index in [1.54, 1.807) is 7.05 Å². The molecule has 0 bridgehead atoms. The molecule has 4 N–H and O–H groups in total. The van der Waals surface area contributed by atoms with Gasteiger partial charge in [0.05, 0.1) is 0 Å². The Labute approximate surface area is 71.6 Å². The summed E-state index contributed by atoms with van der Waals surface area (Å²) in [6, 6.07) is 0. The molecule has 1 unspecified atom stereocenters. The van der Waals surface area contributed by atoms with E-state index in [-0.39, 0.29) is 5.75 Å². The first-order chi connectivity index (χ1) is 5.06. The van der Waals surface area contributed by atoms with Crippen LogP contribution in [0.3, 0.4) is 0 Å². The zero-order chi connectivity index (χ0) is 8.91. The molecule has 0 radical (unpaired) electrons. The Morgan fingerprint density at radius 3 is 2.64 bits per heavy atom. The standard InChI is InChI=1S/C6H14N2O2S/c1-8-3-2-6(7,4-11)5(9)10/h8,11H,2-4,7H2,1H3,(H,9,10). The van der Waals surface area contributed by atoms with Crippen LogP contribution in [0, 0.1) is 0 Å². The zero-order valence-corrected chi connectivity index (χ0v) is 7.40. The number of nitrogens with two attached hydrogens (primary N) is 1. The molecule has 5 heteroatoms. The first-order valence-corrected chi connectivity index (χ1v) is 3.98. The molecule has 4 nitrogen and oxygen atoms in total. The van der Waals surface area contributed by atoms with Crippen molar-refractivity contribution in [3.63, 3.8) is 0 Å². The van der Waals surface area contributed by atoms with Crippen molar-refractivity contribution >= 4 is 18.6 Å². The lowest BCUT2D eigenvalue weighted by Gasteiger charge is -2.21. The Hall–Kier alpha value is -0.260. The maximum Gasteiger partial charge on any atom is 0.324 e. The number of carbonyl (C=O) groups is 1. The largest absolute Gasteiger partial charge is 0.480 e. The second kappa shape index (κ2) is 4.58. The Bertz CT molecular complexity index is 143. The van der Waals surface area contributed by atoms with Crippen LogP contribution in [-0.2, 0) is 4.79 Å². The van der Waals surface area contributed by atoms with Crippen LogP contribution in [0.15, 0.2) is 0 Å². The van der Waals surface area contributed by atoms with Crippen LogP contribution in [0.4, 0.5) is 0 Å². The van der Waals surface area contributed by atoms with Gasteiger partial charge >= 0.3 is 5.97 Å². The van der Waals surface area contributed by atoms with Crippen LogP contribution < -0.4 is 11.1 Å². The minimum absolute atomic E-state index is 0.157. The predicted molar refractivity (Wildman–Crippen MR) is 47.0 cm³/mol. The van der Waals surface area contributed by atoms with E-state index < -0.39 is 11.5 Å². The SMILES string of the molecule is CNCCC(N)(CS)C(=O)O. The molecule has 66 valence electrons. The van der Waals surface area contributed by atoms with Crippen LogP contribution >= 0.6 is 12.6 Å². The van der Waals surface area contributed by atoms with Crippen molar-refractivity contribution in [2.24, 2.45) is 5.73 Å². The summed E-state index contributed by atoms with van der Waals surface area (Å²) >= 11 is 3.88. The molecule has 0 saturated heterocycles. The molecule has 0 amide bonds. The number of carboxylic acids is 1. The highest BCUT2D eigenvalue weighted by Gasteiger charge is 2.31. The number of nitrogens with one attached hydrogen (secondary N) is 1. The normalized spacial score (nSPS) is 15.9. The van der Waals surface area contributed by atoms with Crippen LogP contribution in [0.1, 0.15) is 6.42 Å². The third-order valence-corrected chi connectivity index (χ3v) is 2.09. The topological polar surface area (TPSA) is 75.3 Å². The monoisotopic (exact) mass is 178 g/mol. The maximum absolute atomic E-state index is 10.6. The van der Waals surface area contributed by atoms with E-state index in [9.17, 15) is 4.79 Å². The molecule has 0 aromatic carbocycles. The van der Waals surface area contributed by atoms with Gasteiger partial charge in [0.2, 0.25) is 0 Å². The second-order valence-electron chi connectivity index (χ2n) is 2.47. The maximum atomic E-state index is 10.6. The molecule has 1 atom stereocenters. The first-order valence-electron chi connectivity index (χ1n) is 3.34. The third-order valence-electron chi connectivity index (χ3n) is 1.53. The number of hydrogen-bond acceptors (Lipinski definition) is 4. The Balaban J connectivity index is 3.99. The minimum atomic E-state index is -1.19. The summed E-state index contributed by atoms with van der Waals surface area (Å²) in [4.78, 5) is 10.6. The minimum Gasteiger partial charge on any atom is -0.480 e. The highest BCUT2D eigenvalue weighted by Crippen LogP contribution is 2.07. The van der Waals surface area contributed by atoms with E-state index in [4.69, 9.17) is 10.8 Å². The number of hydrogen-bond donors (Lipinski definition) is 4. The summed E-state index contributed by atoms with van der Waals surface area (Å²) in [6.45, 7) is 0.587. The van der Waals surface area contributed by atoms with Gasteiger partial charge in [-0.1, -0.05) is 0 Å². The van der Waals surface area contributed by atoms with Crippen LogP contribution in [0.5, 0.6) is 0 Å². The van der Waals surface area contributed by atoms with Crippen molar-refractivity contribution in [3.05, 3.63) is 0 Å². The van der Waals surface area contributed by atoms with E-state index >= 15 is 0 Å². The molecule has 11 heavy (non-hydrogen) atoms. The highest BCUT2D eigenvalue weighted by atomic mass is 32.1. The van der Waals surface area contributed by atoms with Crippen molar-refractivity contribution in [1.29, 1.82) is 0 Å². The summed E-state index contributed by atoms with van der Waals surface area (Å²) < 4.78 is 0. The molecular weight excluding hydrogens is 164 g/mol. The zero-order valence-electron chi connectivity index (χ0n) is 6.50. The molecule has 0 aliphatic carbocycles. The van der Waals surface area contributed by atoms with E-state index in [2.05, 4.69) is 17.9 Å². The summed E-state index contributed by atoms with van der Waals surface area (Å²) in [5.41, 5.74) is 4.32. The van der Waals surface area contributed by atoms with Gasteiger partial charge in [-0.25, -0.2) is 0 Å². The van der Waals surface area contributed by atoms with Crippen molar-refractivity contribution in [3.8, 4) is 0 Å². The summed E-state index contributed by atoms with van der Waals surface area (Å²) in [7, 11) is 1.75. The second-order valence-corrected chi connectivity index (χ2v) is 2.79. The fraction of sp³-hybridized carbons (Fsp3) is 0.833. The van der Waals surface area contributed by atoms with Gasteiger partial charge in [0.25, 0.3) is 0 Å². The number of rotatable bonds is 5. The fourth-order valence-corrected chi connectivity index (χ4v) is 0.895. The smallest absolute Gasteiger partial charge is 0.324 e. The molecule has 0 aliphatic rings. The van der Waals surface area contributed by atoms with Gasteiger partial charge in [-0.15, -0.1) is 0 Å². The van der Waals surface area contributed by atoms with Crippen molar-refractivity contribution in [1.82, 2.24) is 5.32 Å². The van der Waals surface area contributed by atoms with Gasteiger partial charge in [0, 0.05) is 5.75 Å². The average molecular weight is 178 g/mol. The molecule has 0 heterocycles. The number of carboxylic acid groups (broad SMARTS) is 1. The van der Waals surface area contributed by atoms with E-state index in [0.29, 0.717) is 13.0 Å². The summed E-state index contributed by atoms with van der Waals surface area (Å²) in [6.07, 6.45) is 0.391. The summed E-state index contributed by atoms with van der Waals surface area (Å²) in [5.74, 6) is -0.841. The van der Waals surface area contributed by atoms with Crippen LogP contribution in [0.2, 0.25) is 0 Å². The van der Waals surface area contributed by atoms with Gasteiger partial charge in [-0.05, 0) is 20.0 Å². The molecule has 0 fully saturated rings. The molecule has 0 spiro atoms. The highest BCUT2D eigenvalue weighted by molar-refractivity contribution is 7.80. The van der Waals surface area contributed by atoms with Gasteiger partial charge in [0.1, 0.15) is 5.54 Å². The van der Waals surface area contributed by atoms with Gasteiger partial charge < -0.3 is 16.2 Å². The van der Waals surface area contributed by atoms with E-state index in [1.807, 2.05) is 0 Å². The van der Waals surface area contributed by atoms with Crippen molar-refractivity contribution in [2.75, 3.05) is 19.3 Å². The Kier molecular flexibility index (Phi) is 4.48. The summed E-state index contributed by atoms with van der Waals surface area (Å²) in [5, 5.41) is 11.5. The van der Waals surface area contributed by atoms with Crippen molar-refractivity contribution < 1.29 is 9.90 Å². The molecule has 0 aromatic heterocycles. The molecular formula is C6H14N2O2S. The van der Waals surface area contributed by atoms with Crippen LogP contribution in [-0.4, -0.2) is 36.0 Å². The molecule has 0 rings (SSSR count). The molecule has 0 saturated carbocycles. The van der Waals surface area contributed by atoms with Gasteiger partial charge in [0.15, 0.2) is 0 Å². The van der Waals surface area contributed by atoms with E-state index in [0.717, 1.165) is 0 Å². The van der Waals surface area contributed by atoms with Crippen LogP contribution in [0.25, 0.3) is 0 Å². The number of thiol groups is 1. The Morgan fingerprint density at radius 2 is 2.36 bits per heavy atom. The third kappa shape index (κ3) is 3.09. The predicted octanol–water partition coefficient (Wildman–Crippen LogP) is -0.692. The lowest BCUT2D eigenvalue weighted by atomic mass is 10.00. The fourth-order valence-electron chi connectivity index (χ4n) is 0.602. The van der Waals surface area contributed by atoms with Crippen molar-refractivity contribution in [2.45, 2.75) is 12.0 Å². The van der Waals surface area contributed by atoms with Gasteiger partial charge in [-0.2, -0.15) is 12.6 Å². The molecule has 0 aromatic rings. The number of aliphatic carboxylic acids is 1.